The molecule has 0 aliphatic heterocycles. The summed E-state index contributed by atoms with van der Waals surface area (Å²) in [7, 11) is 0. The summed E-state index contributed by atoms with van der Waals surface area (Å²) in [5.41, 5.74) is 2.86. The quantitative estimate of drug-likeness (QED) is 0.637. The molecule has 2 nitrogen and oxygen atoms in total. The van der Waals surface area contributed by atoms with E-state index in [1.54, 1.807) is 0 Å². The highest BCUT2D eigenvalue weighted by Gasteiger charge is 2.56. The van der Waals surface area contributed by atoms with Crippen molar-refractivity contribution in [2.75, 3.05) is 0 Å². The first kappa shape index (κ1) is 15.9. The predicted octanol–water partition coefficient (Wildman–Crippen LogP) is 4.78. The summed E-state index contributed by atoms with van der Waals surface area (Å²) in [5.74, 6) is 2.74. The summed E-state index contributed by atoms with van der Waals surface area (Å²) in [5, 5.41) is 20.5. The second kappa shape index (κ2) is 5.76. The first-order chi connectivity index (χ1) is 11.0. The van der Waals surface area contributed by atoms with Crippen molar-refractivity contribution >= 4 is 22.6 Å². The smallest absolute Gasteiger partial charge is 0.115 e. The van der Waals surface area contributed by atoms with Crippen LogP contribution < -0.4 is 0 Å². The molecule has 0 radical (unpaired) electrons. The number of phenolic OH excluding ortho intramolecular Hbond substituents is 1. The van der Waals surface area contributed by atoms with Crippen molar-refractivity contribution in [1.29, 1.82) is 0 Å². The first-order valence-electron chi connectivity index (χ1n) is 8.81. The van der Waals surface area contributed by atoms with E-state index in [4.69, 9.17) is 0 Å². The Balaban J connectivity index is 1.80. The van der Waals surface area contributed by atoms with Crippen molar-refractivity contribution in [2.45, 2.75) is 51.0 Å². The summed E-state index contributed by atoms with van der Waals surface area (Å²) >= 11 is 2.33. The van der Waals surface area contributed by atoms with Crippen LogP contribution in [0.4, 0.5) is 0 Å². The molecule has 1 aromatic carbocycles. The van der Waals surface area contributed by atoms with Crippen LogP contribution in [0.15, 0.2) is 28.4 Å². The number of hydrogen-bond donors (Lipinski definition) is 2. The van der Waals surface area contributed by atoms with E-state index in [1.807, 2.05) is 12.1 Å². The number of aliphatic hydroxyl groups is 1. The lowest BCUT2D eigenvalue weighted by Crippen LogP contribution is -2.47. The fourth-order valence-electron chi connectivity index (χ4n) is 6.02. The summed E-state index contributed by atoms with van der Waals surface area (Å²) < 4.78 is 2.15. The number of halogens is 1. The van der Waals surface area contributed by atoms with Crippen molar-refractivity contribution in [1.82, 2.24) is 0 Å². The van der Waals surface area contributed by atoms with Gasteiger partial charge < -0.3 is 10.2 Å². The molecule has 3 aliphatic carbocycles. The number of phenols is 1. The Labute approximate surface area is 152 Å². The third-order valence-electron chi connectivity index (χ3n) is 7.03. The molecule has 4 rings (SSSR count). The Hall–Kier alpha value is -0.550. The molecule has 6 atom stereocenters. The lowest BCUT2D eigenvalue weighted by Gasteiger charge is -2.53. The number of rotatable bonds is 1. The van der Waals surface area contributed by atoms with Crippen LogP contribution >= 0.6 is 22.6 Å². The van der Waals surface area contributed by atoms with Gasteiger partial charge in [-0.2, -0.15) is 0 Å². The monoisotopic (exact) mass is 424 g/mol. The van der Waals surface area contributed by atoms with Crippen molar-refractivity contribution < 1.29 is 10.2 Å². The summed E-state index contributed by atoms with van der Waals surface area (Å²) in [6.45, 7) is 2.33. The molecule has 0 bridgehead atoms. The first-order valence-corrected chi connectivity index (χ1v) is 10.1. The third-order valence-corrected chi connectivity index (χ3v) is 7.44. The zero-order chi connectivity index (χ0) is 16.2. The number of fused-ring (bicyclic) bond motifs is 5. The zero-order valence-corrected chi connectivity index (χ0v) is 15.7. The second-order valence-corrected chi connectivity index (χ2v) is 8.72. The molecule has 2 fully saturated rings. The highest BCUT2D eigenvalue weighted by Crippen LogP contribution is 2.63. The van der Waals surface area contributed by atoms with Crippen LogP contribution in [0, 0.1) is 23.2 Å². The van der Waals surface area contributed by atoms with E-state index in [0.29, 0.717) is 29.4 Å². The molecule has 0 aromatic heterocycles. The molecule has 0 saturated heterocycles. The topological polar surface area (TPSA) is 40.5 Å². The average Bonchev–Trinajstić information content (AvgIpc) is 2.82. The van der Waals surface area contributed by atoms with Gasteiger partial charge in [0.15, 0.2) is 0 Å². The Bertz CT molecular complexity index is 641. The summed E-state index contributed by atoms with van der Waals surface area (Å²) in [6, 6.07) is 5.97. The molecule has 23 heavy (non-hydrogen) atoms. The largest absolute Gasteiger partial charge is 0.508 e. The van der Waals surface area contributed by atoms with E-state index >= 15 is 0 Å². The molecule has 1 aromatic rings. The highest BCUT2D eigenvalue weighted by atomic mass is 127. The fourth-order valence-corrected chi connectivity index (χ4v) is 6.55. The number of aliphatic hydroxyl groups excluding tert-OH is 1. The van der Waals surface area contributed by atoms with Crippen LogP contribution in [-0.2, 0) is 6.42 Å². The van der Waals surface area contributed by atoms with E-state index in [1.165, 1.54) is 24.0 Å². The number of aromatic hydroxyl groups is 1. The zero-order valence-electron chi connectivity index (χ0n) is 13.6. The van der Waals surface area contributed by atoms with Gasteiger partial charge in [-0.25, -0.2) is 0 Å². The Kier molecular flexibility index (Phi) is 4.00. The lowest BCUT2D eigenvalue weighted by atomic mass is 9.52. The van der Waals surface area contributed by atoms with Gasteiger partial charge in [-0.15, -0.1) is 0 Å². The van der Waals surface area contributed by atoms with Crippen LogP contribution in [0.2, 0.25) is 0 Å². The van der Waals surface area contributed by atoms with E-state index in [-0.39, 0.29) is 11.5 Å². The molecule has 0 spiro atoms. The van der Waals surface area contributed by atoms with Crippen LogP contribution in [0.3, 0.4) is 0 Å². The molecule has 3 aliphatic rings. The molecule has 2 N–H and O–H groups in total. The van der Waals surface area contributed by atoms with Crippen molar-refractivity contribution in [3.63, 3.8) is 0 Å². The van der Waals surface area contributed by atoms with Crippen LogP contribution in [0.25, 0.3) is 0 Å². The van der Waals surface area contributed by atoms with Crippen LogP contribution in [0.1, 0.15) is 49.7 Å². The maximum Gasteiger partial charge on any atom is 0.115 e. The van der Waals surface area contributed by atoms with Crippen LogP contribution in [-0.4, -0.2) is 16.3 Å². The molecule has 3 heteroatoms. The Morgan fingerprint density at radius 1 is 1.26 bits per heavy atom. The average molecular weight is 424 g/mol. The minimum atomic E-state index is -0.139. The van der Waals surface area contributed by atoms with Crippen molar-refractivity contribution in [3.8, 4) is 5.75 Å². The summed E-state index contributed by atoms with van der Waals surface area (Å²) in [4.78, 5) is 0. The van der Waals surface area contributed by atoms with E-state index in [0.717, 1.165) is 19.3 Å². The van der Waals surface area contributed by atoms with Gasteiger partial charge in [0.1, 0.15) is 5.75 Å². The predicted molar refractivity (Wildman–Crippen MR) is 101 cm³/mol. The molecular formula is C20H25IO2. The molecule has 124 valence electrons. The molecule has 0 unspecified atom stereocenters. The standard InChI is InChI=1S/C20H25IO2/c1-20-11-13(8-9-21)19-15-5-3-14(22)10-12(15)2-4-16(19)17(20)6-7-18(20)23/h3,5,8-10,13,16-19,22-23H,2,4,6-7,11H2,1H3/b9-8+/t13-,16-,17-,18-,19+,20-/m0/s1. The Morgan fingerprint density at radius 2 is 2.09 bits per heavy atom. The van der Waals surface area contributed by atoms with Gasteiger partial charge in [0.05, 0.1) is 6.10 Å². The molecule has 0 amide bonds. The van der Waals surface area contributed by atoms with Crippen molar-refractivity contribution in [2.24, 2.45) is 23.2 Å². The van der Waals surface area contributed by atoms with E-state index in [2.05, 4.69) is 45.7 Å². The van der Waals surface area contributed by atoms with Gasteiger partial charge in [0, 0.05) is 0 Å². The number of allylic oxidation sites excluding steroid dienone is 1. The number of benzene rings is 1. The second-order valence-electron chi connectivity index (χ2n) is 8.00. The van der Waals surface area contributed by atoms with Gasteiger partial charge in [-0.3, -0.25) is 0 Å². The number of hydrogen-bond acceptors (Lipinski definition) is 2. The van der Waals surface area contributed by atoms with E-state index in [9.17, 15) is 10.2 Å². The van der Waals surface area contributed by atoms with Crippen LogP contribution in [0.5, 0.6) is 5.75 Å². The third kappa shape index (κ3) is 2.38. The van der Waals surface area contributed by atoms with E-state index < -0.39 is 0 Å². The maximum atomic E-state index is 10.6. The van der Waals surface area contributed by atoms with Crippen molar-refractivity contribution in [3.05, 3.63) is 39.5 Å². The van der Waals surface area contributed by atoms with Gasteiger partial charge in [0.25, 0.3) is 0 Å². The van der Waals surface area contributed by atoms with Gasteiger partial charge >= 0.3 is 0 Å². The molecule has 0 heterocycles. The van der Waals surface area contributed by atoms with Gasteiger partial charge in [-0.05, 0) is 88.5 Å². The van der Waals surface area contributed by atoms with Gasteiger partial charge in [0.2, 0.25) is 0 Å². The highest BCUT2D eigenvalue weighted by molar-refractivity contribution is 14.1. The Morgan fingerprint density at radius 3 is 2.87 bits per heavy atom. The molecular weight excluding hydrogens is 399 g/mol. The lowest BCUT2D eigenvalue weighted by molar-refractivity contribution is -0.0384. The summed E-state index contributed by atoms with van der Waals surface area (Å²) in [6.07, 6.45) is 7.70. The minimum absolute atomic E-state index is 0.0798. The molecule has 2 saturated carbocycles. The fraction of sp³-hybridized carbons (Fsp3) is 0.600. The maximum absolute atomic E-state index is 10.6. The number of aryl methyl sites for hydroxylation is 1. The minimum Gasteiger partial charge on any atom is -0.508 e. The normalized spacial score (nSPS) is 42.3. The van der Waals surface area contributed by atoms with Gasteiger partial charge in [-0.1, -0.05) is 41.7 Å². The SMILES string of the molecule is C[C@]12C[C@H](/C=C/I)[C@@H]3c4ccc(O)cc4CC[C@H]3[C@@H]1CC[C@@H]2O.